The molecule has 0 spiro atoms. The molecule has 1 heterocycles. The SMILES string of the molecule is Cn1c(Br)nc(Br)c1C(=O)O. The van der Waals surface area contributed by atoms with Gasteiger partial charge in [0, 0.05) is 7.05 Å². The lowest BCUT2D eigenvalue weighted by atomic mass is 10.5. The average molecular weight is 284 g/mol. The number of aromatic nitrogens is 2. The van der Waals surface area contributed by atoms with E-state index in [1.54, 1.807) is 7.05 Å². The largest absolute Gasteiger partial charge is 0.476 e. The first-order valence-electron chi connectivity index (χ1n) is 2.65. The van der Waals surface area contributed by atoms with E-state index in [-0.39, 0.29) is 5.69 Å². The number of carboxylic acids is 1. The summed E-state index contributed by atoms with van der Waals surface area (Å²) in [6, 6.07) is 0. The Kier molecular flexibility index (Phi) is 2.34. The van der Waals surface area contributed by atoms with Crippen LogP contribution in [0.3, 0.4) is 0 Å². The Morgan fingerprint density at radius 2 is 2.18 bits per heavy atom. The maximum absolute atomic E-state index is 10.5. The van der Waals surface area contributed by atoms with Gasteiger partial charge in [-0.05, 0) is 31.9 Å². The van der Waals surface area contributed by atoms with Crippen LogP contribution in [-0.2, 0) is 7.05 Å². The van der Waals surface area contributed by atoms with E-state index in [4.69, 9.17) is 5.11 Å². The van der Waals surface area contributed by atoms with Gasteiger partial charge in [0.15, 0.2) is 10.4 Å². The minimum absolute atomic E-state index is 0.136. The molecule has 6 heteroatoms. The van der Waals surface area contributed by atoms with Gasteiger partial charge in [-0.15, -0.1) is 0 Å². The molecule has 1 aromatic heterocycles. The number of imidazole rings is 1. The highest BCUT2D eigenvalue weighted by atomic mass is 79.9. The first-order chi connectivity index (χ1) is 5.04. The Balaban J connectivity index is 3.34. The fourth-order valence-electron chi connectivity index (χ4n) is 0.671. The molecular weight excluding hydrogens is 280 g/mol. The lowest BCUT2D eigenvalue weighted by Crippen LogP contribution is -2.04. The normalized spacial score (nSPS) is 10.1. The van der Waals surface area contributed by atoms with Crippen LogP contribution in [0.15, 0.2) is 9.34 Å². The van der Waals surface area contributed by atoms with Gasteiger partial charge >= 0.3 is 5.97 Å². The zero-order valence-electron chi connectivity index (χ0n) is 5.51. The van der Waals surface area contributed by atoms with E-state index in [0.29, 0.717) is 9.34 Å². The lowest BCUT2D eigenvalue weighted by molar-refractivity contribution is 0.0685. The maximum atomic E-state index is 10.5. The quantitative estimate of drug-likeness (QED) is 0.853. The minimum Gasteiger partial charge on any atom is -0.476 e. The maximum Gasteiger partial charge on any atom is 0.355 e. The molecule has 0 aliphatic heterocycles. The van der Waals surface area contributed by atoms with Gasteiger partial charge in [-0.25, -0.2) is 9.78 Å². The van der Waals surface area contributed by atoms with Crippen LogP contribution in [0.25, 0.3) is 0 Å². The van der Waals surface area contributed by atoms with Crippen molar-refractivity contribution in [3.63, 3.8) is 0 Å². The van der Waals surface area contributed by atoms with E-state index in [1.807, 2.05) is 0 Å². The number of carbonyl (C=O) groups is 1. The monoisotopic (exact) mass is 282 g/mol. The van der Waals surface area contributed by atoms with Crippen LogP contribution in [0.5, 0.6) is 0 Å². The molecule has 0 saturated heterocycles. The number of carboxylic acid groups (broad SMARTS) is 1. The van der Waals surface area contributed by atoms with Gasteiger partial charge in [-0.2, -0.15) is 0 Å². The third-order valence-corrected chi connectivity index (χ3v) is 2.46. The molecule has 1 rings (SSSR count). The third kappa shape index (κ3) is 1.46. The molecule has 0 aliphatic rings. The van der Waals surface area contributed by atoms with Crippen molar-refractivity contribution in [1.82, 2.24) is 9.55 Å². The molecule has 0 aliphatic carbocycles. The molecular formula is C5H4Br2N2O2. The molecule has 0 bridgehead atoms. The molecule has 60 valence electrons. The minimum atomic E-state index is -1.00. The van der Waals surface area contributed by atoms with E-state index in [1.165, 1.54) is 4.57 Å². The van der Waals surface area contributed by atoms with E-state index >= 15 is 0 Å². The molecule has 0 aromatic carbocycles. The Hall–Kier alpha value is -0.360. The summed E-state index contributed by atoms with van der Waals surface area (Å²) in [7, 11) is 1.62. The summed E-state index contributed by atoms with van der Waals surface area (Å²) in [6.07, 6.45) is 0. The van der Waals surface area contributed by atoms with Gasteiger partial charge in [0.25, 0.3) is 0 Å². The molecule has 0 radical (unpaired) electrons. The molecule has 0 fully saturated rings. The number of rotatable bonds is 1. The summed E-state index contributed by atoms with van der Waals surface area (Å²) in [5.74, 6) is -1.00. The molecule has 0 unspecified atom stereocenters. The van der Waals surface area contributed by atoms with Gasteiger partial charge in [0.05, 0.1) is 0 Å². The molecule has 11 heavy (non-hydrogen) atoms. The lowest BCUT2D eigenvalue weighted by Gasteiger charge is -1.95. The highest BCUT2D eigenvalue weighted by Gasteiger charge is 2.16. The Labute approximate surface area is 79.5 Å². The molecule has 1 N–H and O–H groups in total. The van der Waals surface area contributed by atoms with Crippen LogP contribution in [0.2, 0.25) is 0 Å². The number of hydrogen-bond donors (Lipinski definition) is 1. The third-order valence-electron chi connectivity index (χ3n) is 1.20. The van der Waals surface area contributed by atoms with Gasteiger partial charge in [0.1, 0.15) is 4.60 Å². The van der Waals surface area contributed by atoms with Gasteiger partial charge in [-0.1, -0.05) is 0 Å². The van der Waals surface area contributed by atoms with Gasteiger partial charge in [-0.3, -0.25) is 0 Å². The van der Waals surface area contributed by atoms with Crippen molar-refractivity contribution >= 4 is 37.8 Å². The van der Waals surface area contributed by atoms with Gasteiger partial charge < -0.3 is 9.67 Å². The van der Waals surface area contributed by atoms with Crippen LogP contribution in [-0.4, -0.2) is 20.6 Å². The second-order valence-corrected chi connectivity index (χ2v) is 3.34. The fraction of sp³-hybridized carbons (Fsp3) is 0.200. The highest BCUT2D eigenvalue weighted by molar-refractivity contribution is 9.11. The first kappa shape index (κ1) is 8.73. The highest BCUT2D eigenvalue weighted by Crippen LogP contribution is 2.19. The second kappa shape index (κ2) is 2.94. The van der Waals surface area contributed by atoms with Gasteiger partial charge in [0.2, 0.25) is 0 Å². The number of nitrogens with zero attached hydrogens (tertiary/aromatic N) is 2. The summed E-state index contributed by atoms with van der Waals surface area (Å²) in [5, 5.41) is 8.65. The van der Waals surface area contributed by atoms with Crippen molar-refractivity contribution in [3.8, 4) is 0 Å². The van der Waals surface area contributed by atoms with Crippen LogP contribution in [0, 0.1) is 0 Å². The first-order valence-corrected chi connectivity index (χ1v) is 4.23. The fourth-order valence-corrected chi connectivity index (χ4v) is 1.87. The average Bonchev–Trinajstić information content (AvgIpc) is 2.07. The van der Waals surface area contributed by atoms with Crippen molar-refractivity contribution in [1.29, 1.82) is 0 Å². The van der Waals surface area contributed by atoms with E-state index in [0.717, 1.165) is 0 Å². The summed E-state index contributed by atoms with van der Waals surface area (Å²) in [6.45, 7) is 0. The zero-order chi connectivity index (χ0) is 8.59. The van der Waals surface area contributed by atoms with Crippen LogP contribution < -0.4 is 0 Å². The zero-order valence-corrected chi connectivity index (χ0v) is 8.68. The smallest absolute Gasteiger partial charge is 0.355 e. The van der Waals surface area contributed by atoms with Crippen molar-refractivity contribution in [3.05, 3.63) is 15.0 Å². The van der Waals surface area contributed by atoms with E-state index in [2.05, 4.69) is 36.8 Å². The van der Waals surface area contributed by atoms with E-state index < -0.39 is 5.97 Å². The molecule has 1 aromatic rings. The Morgan fingerprint density at radius 3 is 2.36 bits per heavy atom. The van der Waals surface area contributed by atoms with Crippen LogP contribution in [0.4, 0.5) is 0 Å². The Morgan fingerprint density at radius 1 is 1.64 bits per heavy atom. The summed E-state index contributed by atoms with van der Waals surface area (Å²) in [4.78, 5) is 14.4. The van der Waals surface area contributed by atoms with E-state index in [9.17, 15) is 4.79 Å². The summed E-state index contributed by atoms with van der Waals surface area (Å²) < 4.78 is 2.26. The van der Waals surface area contributed by atoms with Crippen molar-refractivity contribution in [2.45, 2.75) is 0 Å². The number of aromatic carboxylic acids is 1. The predicted molar refractivity (Wildman–Crippen MR) is 45.6 cm³/mol. The number of halogens is 2. The van der Waals surface area contributed by atoms with Crippen molar-refractivity contribution in [2.75, 3.05) is 0 Å². The van der Waals surface area contributed by atoms with Crippen molar-refractivity contribution in [2.24, 2.45) is 7.05 Å². The summed E-state index contributed by atoms with van der Waals surface area (Å²) >= 11 is 6.12. The standard InChI is InChI=1S/C5H4Br2N2O2/c1-9-2(4(10)11)3(6)8-5(9)7/h1H3,(H,10,11). The predicted octanol–water partition coefficient (Wildman–Crippen LogP) is 1.64. The van der Waals surface area contributed by atoms with Crippen LogP contribution >= 0.6 is 31.9 Å². The molecule has 0 atom stereocenters. The second-order valence-electron chi connectivity index (χ2n) is 1.88. The number of hydrogen-bond acceptors (Lipinski definition) is 2. The molecule has 4 nitrogen and oxygen atoms in total. The topological polar surface area (TPSA) is 55.1 Å². The Bertz CT molecular complexity index is 308. The van der Waals surface area contributed by atoms with Crippen molar-refractivity contribution < 1.29 is 9.90 Å². The summed E-state index contributed by atoms with van der Waals surface area (Å²) in [5.41, 5.74) is 0.136. The van der Waals surface area contributed by atoms with Crippen LogP contribution in [0.1, 0.15) is 10.5 Å². The molecule has 0 saturated carbocycles. The molecule has 0 amide bonds.